The van der Waals surface area contributed by atoms with Crippen LogP contribution in [0.3, 0.4) is 0 Å². The maximum Gasteiger partial charge on any atom is 0.273 e. The van der Waals surface area contributed by atoms with Crippen LogP contribution in [0.25, 0.3) is 5.69 Å². The minimum atomic E-state index is -0.663. The van der Waals surface area contributed by atoms with Crippen molar-refractivity contribution in [3.05, 3.63) is 80.3 Å². The van der Waals surface area contributed by atoms with E-state index in [0.29, 0.717) is 5.69 Å². The van der Waals surface area contributed by atoms with E-state index in [-0.39, 0.29) is 33.2 Å². The quantitative estimate of drug-likeness (QED) is 0.568. The molecule has 30 heavy (non-hydrogen) atoms. The van der Waals surface area contributed by atoms with Crippen molar-refractivity contribution in [3.63, 3.8) is 0 Å². The Balaban J connectivity index is 1.68. The van der Waals surface area contributed by atoms with E-state index < -0.39 is 11.5 Å². The number of carbonyl (C=O) groups excluding carboxylic acids is 1. The van der Waals surface area contributed by atoms with Gasteiger partial charge in [0.1, 0.15) is 17.7 Å². The van der Waals surface area contributed by atoms with Crippen molar-refractivity contribution in [2.24, 2.45) is 0 Å². The van der Waals surface area contributed by atoms with Crippen molar-refractivity contribution < 1.29 is 4.79 Å². The Labute approximate surface area is 182 Å². The summed E-state index contributed by atoms with van der Waals surface area (Å²) in [6, 6.07) is 12.6. The zero-order chi connectivity index (χ0) is 21.3. The molecule has 1 aliphatic rings. The van der Waals surface area contributed by atoms with Crippen molar-refractivity contribution in [2.75, 3.05) is 17.6 Å². The second kappa shape index (κ2) is 8.47. The van der Waals surface area contributed by atoms with Crippen LogP contribution in [0.1, 0.15) is 34.8 Å². The van der Waals surface area contributed by atoms with Gasteiger partial charge >= 0.3 is 0 Å². The maximum atomic E-state index is 13.1. The molecule has 9 heteroatoms. The van der Waals surface area contributed by atoms with Crippen LogP contribution in [0.4, 0.5) is 11.5 Å². The number of nitrogen functional groups attached to an aromatic ring is 1. The first-order chi connectivity index (χ1) is 14.5. The molecule has 2 aromatic carbocycles. The van der Waals surface area contributed by atoms with Crippen LogP contribution >= 0.6 is 23.2 Å². The van der Waals surface area contributed by atoms with Crippen LogP contribution < -0.4 is 21.9 Å². The van der Waals surface area contributed by atoms with E-state index in [1.54, 1.807) is 24.3 Å². The highest BCUT2D eigenvalue weighted by Crippen LogP contribution is 2.28. The summed E-state index contributed by atoms with van der Waals surface area (Å²) in [5, 5.41) is 6.66. The molecule has 1 saturated heterocycles. The highest BCUT2D eigenvalue weighted by atomic mass is 35.5. The number of nitrogens with two attached hydrogens (primary N) is 1. The molecular weight excluding hydrogens is 425 g/mol. The number of aromatic nitrogens is 2. The fourth-order valence-electron chi connectivity index (χ4n) is 3.55. The van der Waals surface area contributed by atoms with Crippen molar-refractivity contribution in [3.8, 4) is 5.69 Å². The summed E-state index contributed by atoms with van der Waals surface area (Å²) in [6.45, 7) is 0.970. The average Bonchev–Trinajstić information content (AvgIpc) is 3.24. The van der Waals surface area contributed by atoms with Gasteiger partial charge in [-0.25, -0.2) is 4.98 Å². The third-order valence-corrected chi connectivity index (χ3v) is 5.62. The molecule has 1 unspecified atom stereocenters. The van der Waals surface area contributed by atoms with Crippen molar-refractivity contribution in [1.82, 2.24) is 14.9 Å². The van der Waals surface area contributed by atoms with E-state index in [0.717, 1.165) is 29.5 Å². The Kier molecular flexibility index (Phi) is 5.76. The standard InChI is InChI=1S/C21H19Cl2N5O2/c22-14-6-2-7-15(23)18(14)28-11-26-19(24)17(21(28)30)20(29)27-13-5-1-4-12(10-13)16-8-3-9-25-16/h1-2,4-7,10-11,16,25H,3,8-9,24H2,(H,27,29). The lowest BCUT2D eigenvalue weighted by Crippen LogP contribution is -2.31. The second-order valence-corrected chi connectivity index (χ2v) is 7.79. The number of benzene rings is 2. The topological polar surface area (TPSA) is 102 Å². The third-order valence-electron chi connectivity index (χ3n) is 5.01. The van der Waals surface area contributed by atoms with Gasteiger partial charge in [-0.2, -0.15) is 0 Å². The molecule has 3 aromatic rings. The van der Waals surface area contributed by atoms with E-state index in [4.69, 9.17) is 28.9 Å². The molecule has 1 aliphatic heterocycles. The molecule has 0 aliphatic carbocycles. The number of nitrogens with one attached hydrogen (secondary N) is 2. The maximum absolute atomic E-state index is 13.1. The number of halogens is 2. The minimum Gasteiger partial charge on any atom is -0.383 e. The first-order valence-electron chi connectivity index (χ1n) is 9.42. The summed E-state index contributed by atoms with van der Waals surface area (Å²) >= 11 is 12.4. The summed E-state index contributed by atoms with van der Waals surface area (Å²) < 4.78 is 1.12. The van der Waals surface area contributed by atoms with E-state index in [9.17, 15) is 9.59 Å². The van der Waals surface area contributed by atoms with Gasteiger partial charge in [-0.1, -0.05) is 41.4 Å². The molecule has 0 saturated carbocycles. The van der Waals surface area contributed by atoms with Crippen LogP contribution in [0, 0.1) is 0 Å². The SMILES string of the molecule is Nc1ncn(-c2c(Cl)cccc2Cl)c(=O)c1C(=O)Nc1cccc(C2CCCN2)c1. The minimum absolute atomic E-state index is 0.175. The van der Waals surface area contributed by atoms with Crippen molar-refractivity contribution >= 4 is 40.6 Å². The van der Waals surface area contributed by atoms with Gasteiger partial charge in [0.25, 0.3) is 11.5 Å². The molecule has 1 atom stereocenters. The summed E-state index contributed by atoms with van der Waals surface area (Å²) in [6.07, 6.45) is 3.35. The number of anilines is 2. The largest absolute Gasteiger partial charge is 0.383 e. The molecule has 4 N–H and O–H groups in total. The molecule has 7 nitrogen and oxygen atoms in total. The normalized spacial score (nSPS) is 15.9. The van der Waals surface area contributed by atoms with Gasteiger partial charge in [0.05, 0.1) is 15.7 Å². The Morgan fingerprint density at radius 2 is 1.93 bits per heavy atom. The van der Waals surface area contributed by atoms with Gasteiger partial charge in [-0.3, -0.25) is 14.2 Å². The summed E-state index contributed by atoms with van der Waals surface area (Å²) in [7, 11) is 0. The smallest absolute Gasteiger partial charge is 0.273 e. The molecule has 1 aromatic heterocycles. The summed E-state index contributed by atoms with van der Waals surface area (Å²) in [5.41, 5.74) is 6.80. The average molecular weight is 444 g/mol. The monoisotopic (exact) mass is 443 g/mol. The van der Waals surface area contributed by atoms with Gasteiger partial charge in [0, 0.05) is 11.7 Å². The molecule has 2 heterocycles. The van der Waals surface area contributed by atoms with Crippen molar-refractivity contribution in [1.29, 1.82) is 0 Å². The van der Waals surface area contributed by atoms with Crippen LogP contribution in [0.5, 0.6) is 0 Å². The third kappa shape index (κ3) is 3.92. The van der Waals surface area contributed by atoms with E-state index in [2.05, 4.69) is 15.6 Å². The first-order valence-corrected chi connectivity index (χ1v) is 10.2. The number of hydrogen-bond acceptors (Lipinski definition) is 5. The Hall–Kier alpha value is -2.87. The number of nitrogens with zero attached hydrogens (tertiary/aromatic N) is 2. The summed E-state index contributed by atoms with van der Waals surface area (Å²) in [4.78, 5) is 30.0. The molecule has 154 valence electrons. The molecule has 1 amide bonds. The number of hydrogen-bond donors (Lipinski definition) is 3. The molecule has 0 radical (unpaired) electrons. The zero-order valence-corrected chi connectivity index (χ0v) is 17.4. The highest BCUT2D eigenvalue weighted by Gasteiger charge is 2.21. The van der Waals surface area contributed by atoms with Gasteiger partial charge in [0.15, 0.2) is 0 Å². The van der Waals surface area contributed by atoms with E-state index in [1.807, 2.05) is 18.2 Å². The predicted molar refractivity (Wildman–Crippen MR) is 119 cm³/mol. The zero-order valence-electron chi connectivity index (χ0n) is 15.9. The molecule has 4 rings (SSSR count). The predicted octanol–water partition coefficient (Wildman–Crippen LogP) is 3.80. The van der Waals surface area contributed by atoms with Crippen LogP contribution in [-0.2, 0) is 0 Å². The molecule has 0 bridgehead atoms. The Bertz CT molecular complexity index is 1150. The van der Waals surface area contributed by atoms with Crippen LogP contribution in [-0.4, -0.2) is 22.0 Å². The van der Waals surface area contributed by atoms with Gasteiger partial charge in [-0.15, -0.1) is 0 Å². The van der Waals surface area contributed by atoms with Gasteiger partial charge < -0.3 is 16.4 Å². The van der Waals surface area contributed by atoms with Crippen LogP contribution in [0.15, 0.2) is 53.6 Å². The van der Waals surface area contributed by atoms with Gasteiger partial charge in [0.2, 0.25) is 0 Å². The fraction of sp³-hybridized carbons (Fsp3) is 0.190. The highest BCUT2D eigenvalue weighted by molar-refractivity contribution is 6.37. The van der Waals surface area contributed by atoms with E-state index in [1.165, 1.54) is 6.33 Å². The van der Waals surface area contributed by atoms with Crippen molar-refractivity contribution in [2.45, 2.75) is 18.9 Å². The number of rotatable bonds is 4. The fourth-order valence-corrected chi connectivity index (χ4v) is 4.13. The lowest BCUT2D eigenvalue weighted by atomic mass is 10.0. The van der Waals surface area contributed by atoms with Crippen LogP contribution in [0.2, 0.25) is 10.0 Å². The molecule has 0 spiro atoms. The lowest BCUT2D eigenvalue weighted by Gasteiger charge is -2.14. The first kappa shape index (κ1) is 20.4. The second-order valence-electron chi connectivity index (χ2n) is 6.98. The Morgan fingerprint density at radius 1 is 1.20 bits per heavy atom. The molecular formula is C21H19Cl2N5O2. The number of carbonyl (C=O) groups is 1. The van der Waals surface area contributed by atoms with Gasteiger partial charge in [-0.05, 0) is 49.2 Å². The lowest BCUT2D eigenvalue weighted by molar-refractivity contribution is 0.102. The summed E-state index contributed by atoms with van der Waals surface area (Å²) in [5.74, 6) is -0.829. The Morgan fingerprint density at radius 3 is 2.63 bits per heavy atom. The number of amides is 1. The number of para-hydroxylation sites is 1. The molecule has 1 fully saturated rings. The van der Waals surface area contributed by atoms with E-state index >= 15 is 0 Å².